The molecule has 5 rings (SSSR count). The van der Waals surface area contributed by atoms with Gasteiger partial charge in [0, 0.05) is 12.0 Å². The second-order valence-corrected chi connectivity index (χ2v) is 8.97. The number of amidine groups is 1. The number of hydrogen-bond acceptors (Lipinski definition) is 7. The number of carbonyl (C=O) groups is 1. The van der Waals surface area contributed by atoms with Crippen LogP contribution >= 0.6 is 0 Å². The summed E-state index contributed by atoms with van der Waals surface area (Å²) in [5.41, 5.74) is 3.21. The Balaban J connectivity index is 1.39. The van der Waals surface area contributed by atoms with Crippen molar-refractivity contribution in [2.24, 2.45) is 10.3 Å². The van der Waals surface area contributed by atoms with Crippen molar-refractivity contribution in [2.75, 3.05) is 0 Å². The quantitative estimate of drug-likeness (QED) is 0.453. The average molecular weight is 458 g/mol. The van der Waals surface area contributed by atoms with Crippen LogP contribution in [0.1, 0.15) is 57.4 Å². The number of tetrazole rings is 1. The third-order valence-corrected chi connectivity index (χ3v) is 6.73. The lowest BCUT2D eigenvalue weighted by Gasteiger charge is -2.23. The first-order valence-electron chi connectivity index (χ1n) is 11.9. The first-order valence-corrected chi connectivity index (χ1v) is 11.9. The lowest BCUT2D eigenvalue weighted by Crippen LogP contribution is -2.40. The molecule has 1 saturated carbocycles. The summed E-state index contributed by atoms with van der Waals surface area (Å²) in [6.07, 6.45) is 6.84. The van der Waals surface area contributed by atoms with Gasteiger partial charge in [0.2, 0.25) is 5.82 Å². The minimum absolute atomic E-state index is 0.170. The molecule has 9 nitrogen and oxygen atoms in total. The van der Waals surface area contributed by atoms with Gasteiger partial charge in [0.15, 0.2) is 0 Å². The van der Waals surface area contributed by atoms with E-state index in [0.717, 1.165) is 73.0 Å². The fourth-order valence-corrected chi connectivity index (χ4v) is 4.95. The highest BCUT2D eigenvalue weighted by Gasteiger charge is 2.49. The minimum atomic E-state index is -0.511. The van der Waals surface area contributed by atoms with Crippen molar-refractivity contribution in [3.05, 3.63) is 59.0 Å². The van der Waals surface area contributed by atoms with E-state index in [1.807, 2.05) is 53.4 Å². The van der Waals surface area contributed by atoms with Crippen molar-refractivity contribution in [3.63, 3.8) is 0 Å². The van der Waals surface area contributed by atoms with Gasteiger partial charge in [-0.1, -0.05) is 74.7 Å². The Kier molecular flexibility index (Phi) is 6.00. The van der Waals surface area contributed by atoms with Gasteiger partial charge in [-0.3, -0.25) is 14.7 Å². The second-order valence-electron chi connectivity index (χ2n) is 8.97. The number of benzene rings is 2. The Morgan fingerprint density at radius 1 is 1.03 bits per heavy atom. The molecule has 2 aliphatic rings. The van der Waals surface area contributed by atoms with Crippen molar-refractivity contribution in [1.29, 1.82) is 0 Å². The fraction of sp³-hybridized carbons (Fsp3) is 0.400. The molecular weight excluding hydrogens is 430 g/mol. The number of aromatic nitrogens is 4. The second kappa shape index (κ2) is 9.24. The smallest absolute Gasteiger partial charge is 0.256 e. The maximum absolute atomic E-state index is 13.4. The van der Waals surface area contributed by atoms with Crippen LogP contribution in [0.2, 0.25) is 0 Å². The van der Waals surface area contributed by atoms with Crippen LogP contribution in [0.15, 0.2) is 58.8 Å². The Labute approximate surface area is 197 Å². The molecule has 0 unspecified atom stereocenters. The molecule has 3 aromatic rings. The zero-order chi connectivity index (χ0) is 23.5. The Bertz CT molecular complexity index is 1230. The van der Waals surface area contributed by atoms with Gasteiger partial charge in [-0.05, 0) is 46.1 Å². The molecule has 1 amide bonds. The molecule has 1 fully saturated rings. The van der Waals surface area contributed by atoms with Gasteiger partial charge in [-0.15, -0.1) is 15.1 Å². The molecule has 174 valence electrons. The molecule has 1 aliphatic heterocycles. The summed E-state index contributed by atoms with van der Waals surface area (Å²) in [7, 11) is 0. The Hall–Kier alpha value is -3.75. The van der Waals surface area contributed by atoms with Crippen molar-refractivity contribution in [1.82, 2.24) is 25.2 Å². The monoisotopic (exact) mass is 457 g/mol. The van der Waals surface area contributed by atoms with E-state index in [1.54, 1.807) is 0 Å². The van der Waals surface area contributed by atoms with Gasteiger partial charge < -0.3 is 0 Å². The van der Waals surface area contributed by atoms with Gasteiger partial charge in [-0.25, -0.2) is 0 Å². The van der Waals surface area contributed by atoms with E-state index in [0.29, 0.717) is 17.3 Å². The Morgan fingerprint density at radius 2 is 1.76 bits per heavy atom. The van der Waals surface area contributed by atoms with E-state index in [4.69, 9.17) is 4.99 Å². The number of amides is 1. The molecule has 0 radical (unpaired) electrons. The van der Waals surface area contributed by atoms with Crippen molar-refractivity contribution < 1.29 is 4.79 Å². The van der Waals surface area contributed by atoms with Crippen LogP contribution in [0.4, 0.5) is 0 Å². The summed E-state index contributed by atoms with van der Waals surface area (Å²) in [4.78, 5) is 31.6. The number of rotatable bonds is 8. The van der Waals surface area contributed by atoms with Gasteiger partial charge >= 0.3 is 0 Å². The molecule has 0 bridgehead atoms. The first kappa shape index (κ1) is 22.1. The molecule has 1 spiro atoms. The lowest BCUT2D eigenvalue weighted by atomic mass is 9.97. The third-order valence-electron chi connectivity index (χ3n) is 6.73. The molecule has 1 aliphatic carbocycles. The molecular formula is C25H27N7O2. The van der Waals surface area contributed by atoms with E-state index in [9.17, 15) is 9.70 Å². The van der Waals surface area contributed by atoms with Gasteiger partial charge in [0.1, 0.15) is 16.7 Å². The number of nitroso groups, excluding NO2 is 1. The zero-order valence-electron chi connectivity index (χ0n) is 19.2. The molecule has 0 atom stereocenters. The maximum Gasteiger partial charge on any atom is 0.256 e. The maximum atomic E-state index is 13.4. The van der Waals surface area contributed by atoms with Crippen molar-refractivity contribution in [2.45, 2.75) is 64.0 Å². The predicted octanol–water partition coefficient (Wildman–Crippen LogP) is 4.78. The van der Waals surface area contributed by atoms with Crippen LogP contribution in [-0.2, 0) is 11.3 Å². The molecule has 0 N–H and O–H groups in total. The third kappa shape index (κ3) is 4.02. The summed E-state index contributed by atoms with van der Waals surface area (Å²) in [5.74, 6) is 1.45. The lowest BCUT2D eigenvalue weighted by molar-refractivity contribution is -0.131. The molecule has 2 heterocycles. The molecule has 0 saturated heterocycles. The largest absolute Gasteiger partial charge is 0.294 e. The minimum Gasteiger partial charge on any atom is -0.294 e. The molecule has 34 heavy (non-hydrogen) atoms. The normalized spacial score (nSPS) is 16.9. The number of nitrogens with zero attached hydrogens (tertiary/aromatic N) is 7. The van der Waals surface area contributed by atoms with E-state index in [2.05, 4.69) is 27.6 Å². The summed E-state index contributed by atoms with van der Waals surface area (Å²) >= 11 is 0. The first-order chi connectivity index (χ1) is 16.6. The topological polar surface area (TPSA) is 106 Å². The fourth-order valence-electron chi connectivity index (χ4n) is 4.95. The predicted molar refractivity (Wildman–Crippen MR) is 129 cm³/mol. The zero-order valence-corrected chi connectivity index (χ0v) is 19.2. The van der Waals surface area contributed by atoms with Crippen LogP contribution in [0.25, 0.3) is 22.5 Å². The van der Waals surface area contributed by atoms with E-state index in [1.165, 1.54) is 0 Å². The van der Waals surface area contributed by atoms with Crippen LogP contribution in [0.3, 0.4) is 0 Å². The van der Waals surface area contributed by atoms with Gasteiger partial charge in [0.25, 0.3) is 5.91 Å². The van der Waals surface area contributed by atoms with Gasteiger partial charge in [0.05, 0.1) is 6.54 Å². The number of carbonyl (C=O) groups excluding carboxylic acids is 1. The number of hydrogen-bond donors (Lipinski definition) is 0. The molecule has 2 aromatic carbocycles. The number of unbranched alkanes of at least 4 members (excludes halogenated alkanes) is 1. The average Bonchev–Trinajstić information content (AvgIpc) is 3.60. The summed E-state index contributed by atoms with van der Waals surface area (Å²) in [6.45, 7) is 2.70. The highest BCUT2D eigenvalue weighted by molar-refractivity contribution is 6.08. The molecule has 9 heteroatoms. The molecule has 1 aromatic heterocycles. The van der Waals surface area contributed by atoms with Crippen LogP contribution < -0.4 is 0 Å². The van der Waals surface area contributed by atoms with E-state index >= 15 is 0 Å². The summed E-state index contributed by atoms with van der Waals surface area (Å²) in [5, 5.41) is 14.2. The highest BCUT2D eigenvalue weighted by Crippen LogP contribution is 2.40. The highest BCUT2D eigenvalue weighted by atomic mass is 16.3. The van der Waals surface area contributed by atoms with Gasteiger partial charge in [-0.2, -0.15) is 0 Å². The van der Waals surface area contributed by atoms with Crippen LogP contribution in [0.5, 0.6) is 0 Å². The summed E-state index contributed by atoms with van der Waals surface area (Å²) in [6, 6.07) is 15.9. The Morgan fingerprint density at radius 3 is 2.44 bits per heavy atom. The number of aliphatic imine (C=N–C) groups is 1. The van der Waals surface area contributed by atoms with E-state index < -0.39 is 5.54 Å². The summed E-state index contributed by atoms with van der Waals surface area (Å²) < 4.78 is 0. The van der Waals surface area contributed by atoms with Crippen molar-refractivity contribution >= 4 is 11.7 Å². The van der Waals surface area contributed by atoms with Crippen LogP contribution in [-0.4, -0.2) is 42.5 Å². The standard InChI is InChI=1S/C25H27N7O2/c1-2-3-10-22-26-25(15-6-7-16-25)24(33)31(22)17-18-11-13-19(14-12-18)20-8-4-5-9-21(20)23-27-29-32(28-23)30-34/h4-5,8-9,11-14H,2-3,6-7,10,15-17H2,1H3. The SMILES string of the molecule is CCCCC1=NC2(CCCC2)C(=O)N1Cc1ccc(-c2ccccc2-c2nnn(N=O)n2)cc1. The van der Waals surface area contributed by atoms with Crippen molar-refractivity contribution in [3.8, 4) is 22.5 Å². The van der Waals surface area contributed by atoms with E-state index in [-0.39, 0.29) is 5.91 Å². The van der Waals surface area contributed by atoms with Crippen LogP contribution in [0, 0.1) is 4.91 Å².